The van der Waals surface area contributed by atoms with Gasteiger partial charge in [0.05, 0.1) is 6.92 Å². The second kappa shape index (κ2) is 2.83. The molecule has 0 aliphatic carbocycles. The zero-order valence-electron chi connectivity index (χ0n) is 3.91. The largest absolute Gasteiger partial charge is 0.339 e. The van der Waals surface area contributed by atoms with Crippen molar-refractivity contribution >= 4 is 0 Å². The zero-order valence-corrected chi connectivity index (χ0v) is 3.91. The summed E-state index contributed by atoms with van der Waals surface area (Å²) in [4.78, 5) is 0. The molecule has 0 aliphatic heterocycles. The molecule has 0 saturated heterocycles. The number of hydrogen-bond donors (Lipinski definition) is 0. The topological polar surface area (TPSA) is 0 Å². The average Bonchev–Trinajstić information content (AvgIpc) is 1.65. The molecule has 0 unspecified atom stereocenters. The minimum absolute atomic E-state index is 0.712. The molecule has 0 spiro atoms. The monoisotopic (exact) mass is 81.1 g/mol. The van der Waals surface area contributed by atoms with Crippen LogP contribution >= 0.6 is 0 Å². The van der Waals surface area contributed by atoms with E-state index in [2.05, 4.69) is 13.8 Å². The Bertz CT molecular complexity index is 38.0. The molecule has 0 atom stereocenters. The molecule has 0 aromatic rings. The van der Waals surface area contributed by atoms with Crippen molar-refractivity contribution in [2.45, 2.75) is 12.8 Å². The van der Waals surface area contributed by atoms with Gasteiger partial charge in [0.2, 0.25) is 0 Å². The summed E-state index contributed by atoms with van der Waals surface area (Å²) >= 11 is 0. The van der Waals surface area contributed by atoms with E-state index < -0.39 is 0 Å². The van der Waals surface area contributed by atoms with E-state index in [4.69, 9.17) is 6.58 Å². The number of rotatable bonds is 2. The maximum Gasteiger partial charge on any atom is 0.104 e. The standard InChI is InChI=1S/C6H9/c1-4-6(3)5-2/h3H,1-2,4-5H2. The van der Waals surface area contributed by atoms with E-state index in [-0.39, 0.29) is 0 Å². The molecular weight excluding hydrogens is 72.1 g/mol. The van der Waals surface area contributed by atoms with Gasteiger partial charge in [-0.05, 0) is 0 Å². The minimum Gasteiger partial charge on any atom is -0.339 e. The third kappa shape index (κ3) is 1.89. The molecule has 0 heterocycles. The molecule has 0 rings (SSSR count). The molecule has 0 bridgehead atoms. The summed E-state index contributed by atoms with van der Waals surface area (Å²) in [6.07, 6.45) is 1.42. The van der Waals surface area contributed by atoms with Crippen LogP contribution in [0.4, 0.5) is 0 Å². The Hall–Kier alpha value is -0.390. The van der Waals surface area contributed by atoms with Crippen molar-refractivity contribution in [2.75, 3.05) is 0 Å². The fourth-order valence-corrected chi connectivity index (χ4v) is 0.125. The zero-order chi connectivity index (χ0) is 4.99. The average molecular weight is 81.1 g/mol. The summed E-state index contributed by atoms with van der Waals surface area (Å²) in [6.45, 7) is 12.4. The maximum atomic E-state index is 5.26. The quantitative estimate of drug-likeness (QED) is 0.444. The van der Waals surface area contributed by atoms with Crippen molar-refractivity contribution in [1.29, 1.82) is 0 Å². The van der Waals surface area contributed by atoms with E-state index in [1.165, 1.54) is 0 Å². The van der Waals surface area contributed by atoms with Gasteiger partial charge in [-0.1, -0.05) is 12.2 Å². The minimum atomic E-state index is 0.712. The summed E-state index contributed by atoms with van der Waals surface area (Å²) in [7, 11) is 0. The summed E-state index contributed by atoms with van der Waals surface area (Å²) in [5, 5.41) is 0. The molecule has 0 amide bonds. The number of allylic oxidation sites excluding steroid dienone is 1. The van der Waals surface area contributed by atoms with Gasteiger partial charge in [0.15, 0.2) is 0 Å². The Balaban J connectivity index is 2.99. The van der Waals surface area contributed by atoms with Crippen molar-refractivity contribution in [3.8, 4) is 0 Å². The highest BCUT2D eigenvalue weighted by Crippen LogP contribution is 1.97. The number of hydrogen-bond acceptors (Lipinski definition) is 0. The van der Waals surface area contributed by atoms with Crippen LogP contribution in [-0.2, 0) is 0 Å². The first-order valence-corrected chi connectivity index (χ1v) is 2.00. The highest BCUT2D eigenvalue weighted by atomic mass is 13.8. The molecule has 0 saturated carbocycles. The van der Waals surface area contributed by atoms with Crippen LogP contribution in [0.25, 0.3) is 0 Å². The lowest BCUT2D eigenvalue weighted by Gasteiger charge is -1.90. The normalized spacial score (nSPS) is 8.17. The Morgan fingerprint density at radius 2 is 2.33 bits per heavy atom. The van der Waals surface area contributed by atoms with Crippen molar-refractivity contribution in [2.24, 2.45) is 0 Å². The van der Waals surface area contributed by atoms with Crippen LogP contribution in [0.5, 0.6) is 0 Å². The van der Waals surface area contributed by atoms with E-state index in [0.29, 0.717) is 12.8 Å². The predicted molar refractivity (Wildman–Crippen MR) is 27.8 cm³/mol. The van der Waals surface area contributed by atoms with Gasteiger partial charge in [-0.2, -0.15) is 6.42 Å². The van der Waals surface area contributed by atoms with E-state index in [0.717, 1.165) is 5.57 Å². The van der Waals surface area contributed by atoms with Crippen molar-refractivity contribution in [1.82, 2.24) is 0 Å². The summed E-state index contributed by atoms with van der Waals surface area (Å²) < 4.78 is 0. The second-order valence-corrected chi connectivity index (χ2v) is 1.16. The van der Waals surface area contributed by atoms with Crippen LogP contribution in [0.3, 0.4) is 0 Å². The lowest BCUT2D eigenvalue weighted by molar-refractivity contribution is 1.11. The van der Waals surface area contributed by atoms with Gasteiger partial charge < -0.3 is 6.92 Å². The first-order chi connectivity index (χ1) is 2.81. The van der Waals surface area contributed by atoms with Crippen molar-refractivity contribution in [3.63, 3.8) is 0 Å². The second-order valence-electron chi connectivity index (χ2n) is 1.16. The first kappa shape index (κ1) is 5.61. The van der Waals surface area contributed by atoms with Crippen LogP contribution in [0.1, 0.15) is 12.8 Å². The Kier molecular flexibility index (Phi) is 2.64. The Morgan fingerprint density at radius 1 is 1.83 bits per heavy atom. The van der Waals surface area contributed by atoms with Gasteiger partial charge in [-0.15, -0.1) is 0 Å². The third-order valence-corrected chi connectivity index (χ3v) is 0.642. The molecular formula is C6H9. The van der Waals surface area contributed by atoms with Crippen LogP contribution in [0, 0.1) is 20.4 Å². The summed E-state index contributed by atoms with van der Waals surface area (Å²) in [6, 6.07) is 0. The van der Waals surface area contributed by atoms with Crippen LogP contribution in [0.2, 0.25) is 0 Å². The Labute approximate surface area is 39.9 Å². The summed E-state index contributed by atoms with van der Waals surface area (Å²) in [5.41, 5.74) is 0.870. The summed E-state index contributed by atoms with van der Waals surface area (Å²) in [5.74, 6) is 0. The molecule has 0 heteroatoms. The van der Waals surface area contributed by atoms with Crippen molar-refractivity contribution in [3.05, 3.63) is 26.0 Å². The predicted octanol–water partition coefficient (Wildman–Crippen LogP) is 1.79. The lowest BCUT2D eigenvalue weighted by Crippen LogP contribution is -1.69. The molecule has 6 heavy (non-hydrogen) atoms. The third-order valence-electron chi connectivity index (χ3n) is 0.642. The molecule has 0 fully saturated rings. The van der Waals surface area contributed by atoms with Crippen LogP contribution in [0.15, 0.2) is 5.57 Å². The molecule has 0 aromatic carbocycles. The molecule has 0 aromatic heterocycles. The van der Waals surface area contributed by atoms with Gasteiger partial charge >= 0.3 is 0 Å². The van der Waals surface area contributed by atoms with Gasteiger partial charge in [-0.3, -0.25) is 0 Å². The lowest BCUT2D eigenvalue weighted by atomic mass is 10.2. The molecule has 0 aliphatic rings. The van der Waals surface area contributed by atoms with Gasteiger partial charge in [0.1, 0.15) is 6.42 Å². The fourth-order valence-electron chi connectivity index (χ4n) is 0.125. The van der Waals surface area contributed by atoms with Gasteiger partial charge in [-0.25, -0.2) is 0 Å². The van der Waals surface area contributed by atoms with E-state index in [9.17, 15) is 0 Å². The van der Waals surface area contributed by atoms with E-state index >= 15 is 0 Å². The highest BCUT2D eigenvalue weighted by Gasteiger charge is 1.79. The maximum absolute atomic E-state index is 5.26. The Morgan fingerprint density at radius 3 is 2.33 bits per heavy atom. The van der Waals surface area contributed by atoms with Crippen LogP contribution < -0.4 is 0 Å². The molecule has 0 nitrogen and oxygen atoms in total. The molecule has 1 radical (unpaired) electrons. The molecule has 33 valence electrons. The van der Waals surface area contributed by atoms with Gasteiger partial charge in [0.25, 0.3) is 0 Å². The molecule has 0 N–H and O–H groups in total. The highest BCUT2D eigenvalue weighted by molar-refractivity contribution is 4.92. The van der Waals surface area contributed by atoms with Crippen LogP contribution in [-0.4, -0.2) is 0 Å². The smallest absolute Gasteiger partial charge is 0.104 e. The van der Waals surface area contributed by atoms with Crippen molar-refractivity contribution < 1.29 is 0 Å². The SMILES string of the molecule is [CH]=C(C[CH2+])C[CH2-]. The fraction of sp³-hybridized carbons (Fsp3) is 0.333. The van der Waals surface area contributed by atoms with E-state index in [1.807, 2.05) is 0 Å². The van der Waals surface area contributed by atoms with E-state index in [1.54, 1.807) is 0 Å². The first-order valence-electron chi connectivity index (χ1n) is 2.00. The van der Waals surface area contributed by atoms with Gasteiger partial charge in [0, 0.05) is 0 Å².